The average Bonchev–Trinajstić information content (AvgIpc) is 2.46. The molecule has 0 aliphatic rings. The Bertz CT molecular complexity index is 582. The molecule has 0 radical (unpaired) electrons. The van der Waals surface area contributed by atoms with Crippen molar-refractivity contribution in [3.05, 3.63) is 35.4 Å². The highest BCUT2D eigenvalue weighted by atomic mass is 16.2. The Morgan fingerprint density at radius 3 is 2.08 bits per heavy atom. The molecule has 0 aliphatic carbocycles. The second-order valence-corrected chi connectivity index (χ2v) is 6.54. The first-order chi connectivity index (χ1) is 11.2. The van der Waals surface area contributed by atoms with Crippen molar-refractivity contribution in [2.45, 2.75) is 52.6 Å². The lowest BCUT2D eigenvalue weighted by atomic mass is 10.0. The largest absolute Gasteiger partial charge is 0.368 e. The van der Waals surface area contributed by atoms with Crippen LogP contribution in [0.15, 0.2) is 24.3 Å². The molecule has 0 aliphatic heterocycles. The molecule has 0 fully saturated rings. The van der Waals surface area contributed by atoms with Gasteiger partial charge in [-0.3, -0.25) is 14.4 Å². The van der Waals surface area contributed by atoms with Gasteiger partial charge in [0.1, 0.15) is 12.1 Å². The Morgan fingerprint density at radius 1 is 1.04 bits per heavy atom. The SMILES string of the molecule is CC(=O)N[C@@H](CC(C)C)C(=O)N[C@@H](Cc1ccc(C)cc1)C(N)=O. The van der Waals surface area contributed by atoms with Crippen molar-refractivity contribution in [1.29, 1.82) is 0 Å². The lowest BCUT2D eigenvalue weighted by Crippen LogP contribution is -2.53. The summed E-state index contributed by atoms with van der Waals surface area (Å²) in [6, 6.07) is 6.18. The van der Waals surface area contributed by atoms with Crippen LogP contribution in [0, 0.1) is 12.8 Å². The number of hydrogen-bond acceptors (Lipinski definition) is 3. The predicted molar refractivity (Wildman–Crippen MR) is 93.1 cm³/mol. The van der Waals surface area contributed by atoms with Crippen molar-refractivity contribution in [3.63, 3.8) is 0 Å². The molecular weight excluding hydrogens is 306 g/mol. The van der Waals surface area contributed by atoms with E-state index in [1.807, 2.05) is 45.0 Å². The number of amides is 3. The summed E-state index contributed by atoms with van der Waals surface area (Å²) in [7, 11) is 0. The number of carbonyl (C=O) groups is 3. The molecule has 0 heterocycles. The Hall–Kier alpha value is -2.37. The van der Waals surface area contributed by atoms with Gasteiger partial charge in [0.15, 0.2) is 0 Å². The van der Waals surface area contributed by atoms with Gasteiger partial charge in [-0.2, -0.15) is 0 Å². The third-order valence-corrected chi connectivity index (χ3v) is 3.62. The highest BCUT2D eigenvalue weighted by Gasteiger charge is 2.25. The Morgan fingerprint density at radius 2 is 1.62 bits per heavy atom. The molecule has 0 aromatic heterocycles. The number of hydrogen-bond donors (Lipinski definition) is 3. The van der Waals surface area contributed by atoms with Gasteiger partial charge in [-0.25, -0.2) is 0 Å². The van der Waals surface area contributed by atoms with Gasteiger partial charge in [-0.05, 0) is 24.8 Å². The normalized spacial score (nSPS) is 13.2. The average molecular weight is 333 g/mol. The molecule has 3 amide bonds. The van der Waals surface area contributed by atoms with Crippen LogP contribution in [0.25, 0.3) is 0 Å². The zero-order valence-electron chi connectivity index (χ0n) is 14.8. The third kappa shape index (κ3) is 6.81. The van der Waals surface area contributed by atoms with Crippen LogP contribution in [0.5, 0.6) is 0 Å². The molecule has 24 heavy (non-hydrogen) atoms. The van der Waals surface area contributed by atoms with Crippen molar-refractivity contribution < 1.29 is 14.4 Å². The van der Waals surface area contributed by atoms with E-state index < -0.39 is 23.9 Å². The number of nitrogens with one attached hydrogen (secondary N) is 2. The van der Waals surface area contributed by atoms with E-state index in [4.69, 9.17) is 5.73 Å². The summed E-state index contributed by atoms with van der Waals surface area (Å²) in [5.74, 6) is -1.06. The van der Waals surface area contributed by atoms with E-state index in [-0.39, 0.29) is 11.8 Å². The fourth-order valence-electron chi connectivity index (χ4n) is 2.40. The fraction of sp³-hybridized carbons (Fsp3) is 0.500. The molecule has 0 saturated heterocycles. The first-order valence-corrected chi connectivity index (χ1v) is 8.11. The van der Waals surface area contributed by atoms with Gasteiger partial charge in [0.2, 0.25) is 17.7 Å². The quantitative estimate of drug-likeness (QED) is 0.663. The highest BCUT2D eigenvalue weighted by molar-refractivity contribution is 5.91. The smallest absolute Gasteiger partial charge is 0.243 e. The molecule has 0 bridgehead atoms. The van der Waals surface area contributed by atoms with E-state index in [2.05, 4.69) is 10.6 Å². The fourth-order valence-corrected chi connectivity index (χ4v) is 2.40. The van der Waals surface area contributed by atoms with E-state index in [1.165, 1.54) is 6.92 Å². The van der Waals surface area contributed by atoms with E-state index in [0.717, 1.165) is 11.1 Å². The second kappa shape index (κ2) is 9.05. The number of rotatable bonds is 8. The summed E-state index contributed by atoms with van der Waals surface area (Å²) in [5.41, 5.74) is 7.44. The third-order valence-electron chi connectivity index (χ3n) is 3.62. The van der Waals surface area contributed by atoms with Crippen molar-refractivity contribution in [2.24, 2.45) is 11.7 Å². The van der Waals surface area contributed by atoms with Crippen molar-refractivity contribution in [3.8, 4) is 0 Å². The summed E-state index contributed by atoms with van der Waals surface area (Å²) < 4.78 is 0. The van der Waals surface area contributed by atoms with Crippen LogP contribution in [0.2, 0.25) is 0 Å². The molecule has 0 spiro atoms. The van der Waals surface area contributed by atoms with Crippen LogP contribution in [-0.2, 0) is 20.8 Å². The van der Waals surface area contributed by atoms with E-state index in [1.54, 1.807) is 0 Å². The maximum absolute atomic E-state index is 12.4. The Labute approximate surface area is 143 Å². The van der Waals surface area contributed by atoms with E-state index in [0.29, 0.717) is 12.8 Å². The standard InChI is InChI=1S/C18H27N3O3/c1-11(2)9-16(20-13(4)22)18(24)21-15(17(19)23)10-14-7-5-12(3)6-8-14/h5-8,11,15-16H,9-10H2,1-4H3,(H2,19,23)(H,20,22)(H,21,24)/t15-,16-/m0/s1. The predicted octanol–water partition coefficient (Wildman–Crippen LogP) is 1.06. The molecule has 0 saturated carbocycles. The van der Waals surface area contributed by atoms with Gasteiger partial charge in [-0.15, -0.1) is 0 Å². The molecule has 1 rings (SSSR count). The van der Waals surface area contributed by atoms with Gasteiger partial charge < -0.3 is 16.4 Å². The highest BCUT2D eigenvalue weighted by Crippen LogP contribution is 2.08. The number of nitrogens with two attached hydrogens (primary N) is 1. The molecule has 1 aromatic carbocycles. The van der Waals surface area contributed by atoms with Crippen molar-refractivity contribution in [2.75, 3.05) is 0 Å². The Balaban J connectivity index is 2.80. The minimum atomic E-state index is -0.816. The summed E-state index contributed by atoms with van der Waals surface area (Å²) in [6.45, 7) is 7.25. The molecule has 6 nitrogen and oxygen atoms in total. The van der Waals surface area contributed by atoms with Crippen LogP contribution in [0.4, 0.5) is 0 Å². The van der Waals surface area contributed by atoms with Crippen LogP contribution < -0.4 is 16.4 Å². The molecule has 4 N–H and O–H groups in total. The van der Waals surface area contributed by atoms with E-state index in [9.17, 15) is 14.4 Å². The van der Waals surface area contributed by atoms with Crippen LogP contribution >= 0.6 is 0 Å². The molecular formula is C18H27N3O3. The lowest BCUT2D eigenvalue weighted by molar-refractivity contribution is -0.131. The summed E-state index contributed by atoms with van der Waals surface area (Å²) >= 11 is 0. The first-order valence-electron chi connectivity index (χ1n) is 8.11. The second-order valence-electron chi connectivity index (χ2n) is 6.54. The molecule has 6 heteroatoms. The maximum atomic E-state index is 12.4. The molecule has 1 aromatic rings. The summed E-state index contributed by atoms with van der Waals surface area (Å²) in [4.78, 5) is 35.4. The monoisotopic (exact) mass is 333 g/mol. The van der Waals surface area contributed by atoms with Crippen LogP contribution in [-0.4, -0.2) is 29.8 Å². The zero-order chi connectivity index (χ0) is 18.3. The number of carbonyl (C=O) groups excluding carboxylic acids is 3. The maximum Gasteiger partial charge on any atom is 0.243 e. The molecule has 132 valence electrons. The van der Waals surface area contributed by atoms with E-state index >= 15 is 0 Å². The Kier molecular flexibility index (Phi) is 7.42. The van der Waals surface area contributed by atoms with Gasteiger partial charge in [0, 0.05) is 13.3 Å². The van der Waals surface area contributed by atoms with Crippen LogP contribution in [0.1, 0.15) is 38.3 Å². The number of primary amides is 1. The van der Waals surface area contributed by atoms with Gasteiger partial charge in [-0.1, -0.05) is 43.7 Å². The van der Waals surface area contributed by atoms with Gasteiger partial charge >= 0.3 is 0 Å². The minimum absolute atomic E-state index is 0.219. The van der Waals surface area contributed by atoms with Crippen molar-refractivity contribution >= 4 is 17.7 Å². The number of benzene rings is 1. The lowest BCUT2D eigenvalue weighted by Gasteiger charge is -2.22. The molecule has 2 atom stereocenters. The van der Waals surface area contributed by atoms with Gasteiger partial charge in [0.05, 0.1) is 0 Å². The summed E-state index contributed by atoms with van der Waals surface area (Å²) in [6.07, 6.45) is 0.803. The van der Waals surface area contributed by atoms with Crippen LogP contribution in [0.3, 0.4) is 0 Å². The summed E-state index contributed by atoms with van der Waals surface area (Å²) in [5, 5.41) is 5.29. The first kappa shape index (κ1) is 19.7. The minimum Gasteiger partial charge on any atom is -0.368 e. The van der Waals surface area contributed by atoms with Gasteiger partial charge in [0.25, 0.3) is 0 Å². The topological polar surface area (TPSA) is 101 Å². The molecule has 0 unspecified atom stereocenters. The zero-order valence-corrected chi connectivity index (χ0v) is 14.8. The number of aryl methyl sites for hydroxylation is 1. The van der Waals surface area contributed by atoms with Crippen molar-refractivity contribution in [1.82, 2.24) is 10.6 Å².